The van der Waals surface area contributed by atoms with Crippen molar-refractivity contribution in [3.05, 3.63) is 28.5 Å². The lowest BCUT2D eigenvalue weighted by Crippen LogP contribution is -2.53. The molecule has 1 aromatic carbocycles. The zero-order chi connectivity index (χ0) is 19.1. The second kappa shape index (κ2) is 9.36. The van der Waals surface area contributed by atoms with E-state index in [-0.39, 0.29) is 11.6 Å². The van der Waals surface area contributed by atoms with Gasteiger partial charge >= 0.3 is 6.03 Å². The summed E-state index contributed by atoms with van der Waals surface area (Å²) in [6.07, 6.45) is 0.341. The topological polar surface area (TPSA) is 113 Å². The number of benzene rings is 1. The standard InChI is InChI=1S/C16H22BrFN4O3/c1-8(2)6-13(15(24)20-9(3)14(19)23)22-16(25)21-12-5-4-10(17)7-11(12)18/h4-5,7-9,13H,6H2,1-3H3,(H2,19,23)(H,20,24)(H2,21,22,25). The van der Waals surface area contributed by atoms with Gasteiger partial charge in [0.15, 0.2) is 0 Å². The summed E-state index contributed by atoms with van der Waals surface area (Å²) in [5.41, 5.74) is 5.10. The molecule has 0 saturated heterocycles. The van der Waals surface area contributed by atoms with Crippen LogP contribution in [-0.2, 0) is 9.59 Å². The quantitative estimate of drug-likeness (QED) is 0.545. The summed E-state index contributed by atoms with van der Waals surface area (Å²) >= 11 is 3.12. The highest BCUT2D eigenvalue weighted by Gasteiger charge is 2.24. The molecule has 1 aromatic rings. The van der Waals surface area contributed by atoms with E-state index in [0.717, 1.165) is 0 Å². The van der Waals surface area contributed by atoms with Gasteiger partial charge in [-0.15, -0.1) is 0 Å². The maximum absolute atomic E-state index is 13.8. The highest BCUT2D eigenvalue weighted by Crippen LogP contribution is 2.19. The second-order valence-corrected chi connectivity index (χ2v) is 6.95. The normalized spacial score (nSPS) is 13.0. The average molecular weight is 417 g/mol. The fourth-order valence-corrected chi connectivity index (χ4v) is 2.33. The lowest BCUT2D eigenvalue weighted by Gasteiger charge is -2.22. The molecule has 0 aliphatic heterocycles. The number of hydrogen-bond acceptors (Lipinski definition) is 3. The van der Waals surface area contributed by atoms with Crippen molar-refractivity contribution in [2.45, 2.75) is 39.3 Å². The molecule has 4 amide bonds. The van der Waals surface area contributed by atoms with Gasteiger partial charge in [0, 0.05) is 4.47 Å². The summed E-state index contributed by atoms with van der Waals surface area (Å²) in [7, 11) is 0. The van der Waals surface area contributed by atoms with E-state index in [1.165, 1.54) is 19.1 Å². The van der Waals surface area contributed by atoms with Gasteiger partial charge in [-0.05, 0) is 37.5 Å². The molecule has 0 aromatic heterocycles. The van der Waals surface area contributed by atoms with E-state index in [9.17, 15) is 18.8 Å². The van der Waals surface area contributed by atoms with Crippen molar-refractivity contribution in [2.75, 3.05) is 5.32 Å². The summed E-state index contributed by atoms with van der Waals surface area (Å²) in [4.78, 5) is 35.4. The van der Waals surface area contributed by atoms with E-state index in [2.05, 4.69) is 31.9 Å². The first-order valence-electron chi connectivity index (χ1n) is 7.72. The number of hydrogen-bond donors (Lipinski definition) is 4. The van der Waals surface area contributed by atoms with Crippen molar-refractivity contribution in [1.29, 1.82) is 0 Å². The fraction of sp³-hybridized carbons (Fsp3) is 0.438. The Hall–Kier alpha value is -2.16. The number of nitrogens with two attached hydrogens (primary N) is 1. The van der Waals surface area contributed by atoms with Crippen molar-refractivity contribution in [3.8, 4) is 0 Å². The van der Waals surface area contributed by atoms with E-state index >= 15 is 0 Å². The van der Waals surface area contributed by atoms with Crippen LogP contribution in [0.25, 0.3) is 0 Å². The van der Waals surface area contributed by atoms with Gasteiger partial charge in [-0.2, -0.15) is 0 Å². The number of urea groups is 1. The van der Waals surface area contributed by atoms with E-state index < -0.39 is 35.7 Å². The van der Waals surface area contributed by atoms with Crippen LogP contribution in [0.1, 0.15) is 27.2 Å². The summed E-state index contributed by atoms with van der Waals surface area (Å²) in [6.45, 7) is 5.21. The first kappa shape index (κ1) is 20.9. The number of amides is 4. The van der Waals surface area contributed by atoms with Gasteiger partial charge in [0.2, 0.25) is 11.8 Å². The van der Waals surface area contributed by atoms with Crippen LogP contribution in [0.15, 0.2) is 22.7 Å². The molecule has 0 fully saturated rings. The maximum Gasteiger partial charge on any atom is 0.319 e. The fourth-order valence-electron chi connectivity index (χ4n) is 2.00. The van der Waals surface area contributed by atoms with E-state index in [0.29, 0.717) is 10.9 Å². The SMILES string of the molecule is CC(C)CC(NC(=O)Nc1ccc(Br)cc1F)C(=O)NC(C)C(N)=O. The number of carbonyl (C=O) groups excluding carboxylic acids is 3. The lowest BCUT2D eigenvalue weighted by molar-refractivity contribution is -0.128. The monoisotopic (exact) mass is 416 g/mol. The molecule has 0 aliphatic rings. The van der Waals surface area contributed by atoms with E-state index in [1.807, 2.05) is 13.8 Å². The molecule has 2 unspecified atom stereocenters. The zero-order valence-corrected chi connectivity index (χ0v) is 15.8. The van der Waals surface area contributed by atoms with E-state index in [4.69, 9.17) is 5.73 Å². The molecule has 0 spiro atoms. The lowest BCUT2D eigenvalue weighted by atomic mass is 10.0. The second-order valence-electron chi connectivity index (χ2n) is 6.04. The van der Waals surface area contributed by atoms with Crippen LogP contribution in [-0.4, -0.2) is 29.9 Å². The molecule has 0 heterocycles. The smallest absolute Gasteiger partial charge is 0.319 e. The first-order valence-corrected chi connectivity index (χ1v) is 8.51. The number of carbonyl (C=O) groups is 3. The molecule has 0 aliphatic carbocycles. The van der Waals surface area contributed by atoms with Crippen LogP contribution in [0.5, 0.6) is 0 Å². The van der Waals surface area contributed by atoms with Crippen molar-refractivity contribution in [1.82, 2.24) is 10.6 Å². The van der Waals surface area contributed by atoms with Gasteiger partial charge in [0.05, 0.1) is 5.69 Å². The molecule has 5 N–H and O–H groups in total. The third-order valence-electron chi connectivity index (χ3n) is 3.29. The van der Waals surface area contributed by atoms with Gasteiger partial charge in [-0.3, -0.25) is 9.59 Å². The summed E-state index contributed by atoms with van der Waals surface area (Å²) < 4.78 is 14.3. The summed E-state index contributed by atoms with van der Waals surface area (Å²) in [6, 6.07) is 1.70. The number of anilines is 1. The Labute approximate surface area is 154 Å². The average Bonchev–Trinajstić information content (AvgIpc) is 2.48. The Kier molecular flexibility index (Phi) is 7.82. The molecule has 0 saturated carbocycles. The Balaban J connectivity index is 2.77. The summed E-state index contributed by atoms with van der Waals surface area (Å²) in [5, 5.41) is 7.28. The van der Waals surface area contributed by atoms with Gasteiger partial charge in [0.1, 0.15) is 17.9 Å². The van der Waals surface area contributed by atoms with Crippen molar-refractivity contribution in [2.24, 2.45) is 11.7 Å². The van der Waals surface area contributed by atoms with E-state index in [1.54, 1.807) is 6.07 Å². The highest BCUT2D eigenvalue weighted by atomic mass is 79.9. The molecule has 1 rings (SSSR count). The summed E-state index contributed by atoms with van der Waals surface area (Å²) in [5.74, 6) is -1.73. The maximum atomic E-state index is 13.8. The van der Waals surface area contributed by atoms with Crippen LogP contribution in [0.4, 0.5) is 14.9 Å². The van der Waals surface area contributed by atoms with Crippen LogP contribution in [0, 0.1) is 11.7 Å². The van der Waals surface area contributed by atoms with Crippen LogP contribution in [0.2, 0.25) is 0 Å². The molecule has 25 heavy (non-hydrogen) atoms. The Morgan fingerprint density at radius 2 is 1.84 bits per heavy atom. The first-order chi connectivity index (χ1) is 11.6. The molecular formula is C16H22BrFN4O3. The molecule has 0 radical (unpaired) electrons. The third kappa shape index (κ3) is 7.08. The van der Waals surface area contributed by atoms with Crippen molar-refractivity contribution < 1.29 is 18.8 Å². The minimum absolute atomic E-state index is 0.0186. The molecule has 2 atom stereocenters. The minimum Gasteiger partial charge on any atom is -0.368 e. The number of rotatable bonds is 7. The predicted octanol–water partition coefficient (Wildman–Crippen LogP) is 2.11. The molecule has 7 nitrogen and oxygen atoms in total. The van der Waals surface area contributed by atoms with Crippen LogP contribution in [0.3, 0.4) is 0 Å². The number of halogens is 2. The van der Waals surface area contributed by atoms with Gasteiger partial charge in [0.25, 0.3) is 0 Å². The third-order valence-corrected chi connectivity index (χ3v) is 3.79. The zero-order valence-electron chi connectivity index (χ0n) is 14.2. The Bertz CT molecular complexity index is 654. The van der Waals surface area contributed by atoms with Gasteiger partial charge < -0.3 is 21.7 Å². The van der Waals surface area contributed by atoms with Gasteiger partial charge in [-0.25, -0.2) is 9.18 Å². The molecule has 0 bridgehead atoms. The molecule has 138 valence electrons. The van der Waals surface area contributed by atoms with Crippen LogP contribution < -0.4 is 21.7 Å². The Morgan fingerprint density at radius 1 is 1.20 bits per heavy atom. The largest absolute Gasteiger partial charge is 0.368 e. The predicted molar refractivity (Wildman–Crippen MR) is 96.3 cm³/mol. The number of nitrogens with one attached hydrogen (secondary N) is 3. The number of primary amides is 1. The van der Waals surface area contributed by atoms with Gasteiger partial charge in [-0.1, -0.05) is 29.8 Å². The Morgan fingerprint density at radius 3 is 2.36 bits per heavy atom. The van der Waals surface area contributed by atoms with Crippen molar-refractivity contribution >= 4 is 39.5 Å². The minimum atomic E-state index is -0.889. The molecule has 9 heteroatoms. The molecular weight excluding hydrogens is 395 g/mol. The van der Waals surface area contributed by atoms with Crippen molar-refractivity contribution in [3.63, 3.8) is 0 Å². The highest BCUT2D eigenvalue weighted by molar-refractivity contribution is 9.10. The van der Waals surface area contributed by atoms with Crippen LogP contribution >= 0.6 is 15.9 Å².